The van der Waals surface area contributed by atoms with Crippen LogP contribution in [0.2, 0.25) is 0 Å². The second kappa shape index (κ2) is 9.03. The summed E-state index contributed by atoms with van der Waals surface area (Å²) in [5.74, 6) is 1.30. The van der Waals surface area contributed by atoms with E-state index in [1.54, 1.807) is 14.2 Å². The third kappa shape index (κ3) is 4.39. The summed E-state index contributed by atoms with van der Waals surface area (Å²) in [7, 11) is 5.29. The zero-order valence-electron chi connectivity index (χ0n) is 17.9. The molecule has 2 aromatic carbocycles. The van der Waals surface area contributed by atoms with Crippen molar-refractivity contribution in [3.8, 4) is 11.5 Å². The summed E-state index contributed by atoms with van der Waals surface area (Å²) < 4.78 is 13.0. The van der Waals surface area contributed by atoms with Gasteiger partial charge in [0.25, 0.3) is 0 Å². The molecular weight excluding hydrogens is 364 g/mol. The van der Waals surface area contributed by atoms with Crippen LogP contribution in [0.1, 0.15) is 43.7 Å². The van der Waals surface area contributed by atoms with Gasteiger partial charge < -0.3 is 19.4 Å². The van der Waals surface area contributed by atoms with Crippen molar-refractivity contribution in [2.24, 2.45) is 7.05 Å². The first-order chi connectivity index (χ1) is 14.0. The number of nitrogens with zero attached hydrogens (tertiary/aromatic N) is 1. The van der Waals surface area contributed by atoms with Gasteiger partial charge in [-0.25, -0.2) is 0 Å². The molecule has 1 amide bonds. The van der Waals surface area contributed by atoms with Crippen LogP contribution >= 0.6 is 0 Å². The van der Waals surface area contributed by atoms with E-state index in [9.17, 15) is 4.79 Å². The minimum atomic E-state index is -0.0926. The standard InChI is InChI=1S/C24H30N2O3/c1-6-16(2)25-24(27)14-19(17-11-12-22(28-4)23(13-17)29-5)20-15-26(3)21-10-8-7-9-18(20)21/h7-13,15-16,19H,6,14H2,1-5H3,(H,25,27)/t16-,19+/m1/s1. The molecule has 29 heavy (non-hydrogen) atoms. The zero-order chi connectivity index (χ0) is 21.0. The minimum Gasteiger partial charge on any atom is -0.493 e. The summed E-state index contributed by atoms with van der Waals surface area (Å²) in [5.41, 5.74) is 3.31. The van der Waals surface area contributed by atoms with Gasteiger partial charge in [-0.1, -0.05) is 31.2 Å². The van der Waals surface area contributed by atoms with Gasteiger partial charge in [0, 0.05) is 42.5 Å². The van der Waals surface area contributed by atoms with Crippen molar-refractivity contribution in [3.63, 3.8) is 0 Å². The lowest BCUT2D eigenvalue weighted by Gasteiger charge is -2.20. The molecule has 0 fully saturated rings. The first-order valence-corrected chi connectivity index (χ1v) is 10.0. The lowest BCUT2D eigenvalue weighted by molar-refractivity contribution is -0.121. The van der Waals surface area contributed by atoms with Gasteiger partial charge in [-0.2, -0.15) is 0 Å². The maximum atomic E-state index is 12.8. The number of methoxy groups -OCH3 is 2. The van der Waals surface area contributed by atoms with E-state index in [0.717, 1.165) is 28.5 Å². The number of benzene rings is 2. The molecule has 0 saturated heterocycles. The predicted molar refractivity (Wildman–Crippen MR) is 117 cm³/mol. The molecule has 0 aliphatic carbocycles. The third-order valence-electron chi connectivity index (χ3n) is 5.52. The van der Waals surface area contributed by atoms with Crippen LogP contribution in [0.5, 0.6) is 11.5 Å². The lowest BCUT2D eigenvalue weighted by atomic mass is 9.87. The normalized spacial score (nSPS) is 13.1. The highest BCUT2D eigenvalue weighted by atomic mass is 16.5. The second-order valence-corrected chi connectivity index (χ2v) is 7.46. The molecule has 0 radical (unpaired) electrons. The molecule has 2 atom stereocenters. The quantitative estimate of drug-likeness (QED) is 0.606. The fourth-order valence-electron chi connectivity index (χ4n) is 3.75. The summed E-state index contributed by atoms with van der Waals surface area (Å²) in [6.45, 7) is 4.10. The van der Waals surface area contributed by atoms with Crippen LogP contribution in [-0.4, -0.2) is 30.7 Å². The predicted octanol–water partition coefficient (Wildman–Crippen LogP) is 4.63. The number of aromatic nitrogens is 1. The van der Waals surface area contributed by atoms with Gasteiger partial charge in [0.15, 0.2) is 11.5 Å². The van der Waals surface area contributed by atoms with Crippen LogP contribution < -0.4 is 14.8 Å². The Balaban J connectivity index is 2.08. The highest BCUT2D eigenvalue weighted by Gasteiger charge is 2.24. The van der Waals surface area contributed by atoms with Crippen LogP contribution in [0, 0.1) is 0 Å². The molecule has 154 valence electrons. The molecule has 0 bridgehead atoms. The monoisotopic (exact) mass is 394 g/mol. The maximum Gasteiger partial charge on any atom is 0.221 e. The van der Waals surface area contributed by atoms with Crippen molar-refractivity contribution < 1.29 is 14.3 Å². The molecule has 5 heteroatoms. The van der Waals surface area contributed by atoms with E-state index in [4.69, 9.17) is 9.47 Å². The summed E-state index contributed by atoms with van der Waals surface area (Å²) in [5, 5.41) is 4.26. The van der Waals surface area contributed by atoms with Crippen molar-refractivity contribution in [2.75, 3.05) is 14.2 Å². The molecule has 0 unspecified atom stereocenters. The Morgan fingerprint density at radius 1 is 1.10 bits per heavy atom. The molecule has 0 spiro atoms. The second-order valence-electron chi connectivity index (χ2n) is 7.46. The van der Waals surface area contributed by atoms with Gasteiger partial charge in [-0.15, -0.1) is 0 Å². The maximum absolute atomic E-state index is 12.8. The molecular formula is C24H30N2O3. The first kappa shape index (κ1) is 20.8. The summed E-state index contributed by atoms with van der Waals surface area (Å²) >= 11 is 0. The lowest BCUT2D eigenvalue weighted by Crippen LogP contribution is -2.33. The van der Waals surface area contributed by atoms with E-state index in [2.05, 4.69) is 35.1 Å². The number of carbonyl (C=O) groups excluding carboxylic acids is 1. The van der Waals surface area contributed by atoms with Gasteiger partial charge in [0.05, 0.1) is 14.2 Å². The van der Waals surface area contributed by atoms with Crippen molar-refractivity contribution >= 4 is 16.8 Å². The average molecular weight is 395 g/mol. The summed E-state index contributed by atoms with van der Waals surface area (Å²) in [4.78, 5) is 12.8. The first-order valence-electron chi connectivity index (χ1n) is 10.0. The molecule has 0 saturated carbocycles. The third-order valence-corrected chi connectivity index (χ3v) is 5.52. The average Bonchev–Trinajstić information content (AvgIpc) is 3.08. The van der Waals surface area contributed by atoms with Crippen molar-refractivity contribution in [2.45, 2.75) is 38.6 Å². The molecule has 0 aliphatic heterocycles. The number of fused-ring (bicyclic) bond motifs is 1. The number of aryl methyl sites for hydroxylation is 1. The Bertz CT molecular complexity index is 993. The fourth-order valence-corrected chi connectivity index (χ4v) is 3.75. The van der Waals surface area contributed by atoms with Crippen LogP contribution in [-0.2, 0) is 11.8 Å². The van der Waals surface area contributed by atoms with E-state index in [1.165, 1.54) is 0 Å². The Kier molecular flexibility index (Phi) is 6.47. The van der Waals surface area contributed by atoms with Crippen LogP contribution in [0.25, 0.3) is 10.9 Å². The van der Waals surface area contributed by atoms with Crippen LogP contribution in [0.15, 0.2) is 48.7 Å². The fraction of sp³-hybridized carbons (Fsp3) is 0.375. The minimum absolute atomic E-state index is 0.0482. The Hall–Kier alpha value is -2.95. The molecule has 1 N–H and O–H groups in total. The largest absolute Gasteiger partial charge is 0.493 e. The number of carbonyl (C=O) groups is 1. The van der Waals surface area contributed by atoms with Crippen molar-refractivity contribution in [1.82, 2.24) is 9.88 Å². The van der Waals surface area contributed by atoms with Crippen molar-refractivity contribution in [3.05, 3.63) is 59.8 Å². The van der Waals surface area contributed by atoms with E-state index in [-0.39, 0.29) is 17.9 Å². The number of rotatable bonds is 8. The molecule has 5 nitrogen and oxygen atoms in total. The van der Waals surface area contributed by atoms with E-state index in [1.807, 2.05) is 44.3 Å². The SMILES string of the molecule is CC[C@@H](C)NC(=O)C[C@@H](c1ccc(OC)c(OC)c1)c1cn(C)c2ccccc12. The van der Waals surface area contributed by atoms with E-state index >= 15 is 0 Å². The Morgan fingerprint density at radius 3 is 2.52 bits per heavy atom. The molecule has 0 aliphatic rings. The molecule has 3 aromatic rings. The number of amides is 1. The van der Waals surface area contributed by atoms with E-state index in [0.29, 0.717) is 17.9 Å². The van der Waals surface area contributed by atoms with Gasteiger partial charge in [-0.3, -0.25) is 4.79 Å². The van der Waals surface area contributed by atoms with Gasteiger partial charge in [0.1, 0.15) is 0 Å². The zero-order valence-corrected chi connectivity index (χ0v) is 17.9. The number of nitrogens with one attached hydrogen (secondary N) is 1. The molecule has 1 aromatic heterocycles. The van der Waals surface area contributed by atoms with Crippen LogP contribution in [0.4, 0.5) is 0 Å². The van der Waals surface area contributed by atoms with E-state index < -0.39 is 0 Å². The Labute approximate surface area is 172 Å². The van der Waals surface area contributed by atoms with Gasteiger partial charge in [-0.05, 0) is 42.7 Å². The molecule has 3 rings (SSSR count). The highest BCUT2D eigenvalue weighted by Crippen LogP contribution is 2.38. The number of hydrogen-bond acceptors (Lipinski definition) is 3. The topological polar surface area (TPSA) is 52.5 Å². The number of para-hydroxylation sites is 1. The highest BCUT2D eigenvalue weighted by molar-refractivity contribution is 5.86. The Morgan fingerprint density at radius 2 is 1.83 bits per heavy atom. The number of ether oxygens (including phenoxy) is 2. The smallest absolute Gasteiger partial charge is 0.221 e. The van der Waals surface area contributed by atoms with Crippen LogP contribution in [0.3, 0.4) is 0 Å². The summed E-state index contributed by atoms with van der Waals surface area (Å²) in [6, 6.07) is 14.3. The van der Waals surface area contributed by atoms with Crippen molar-refractivity contribution in [1.29, 1.82) is 0 Å². The van der Waals surface area contributed by atoms with Gasteiger partial charge in [0.2, 0.25) is 5.91 Å². The molecule has 1 heterocycles. The number of hydrogen-bond donors (Lipinski definition) is 1. The summed E-state index contributed by atoms with van der Waals surface area (Å²) in [6.07, 6.45) is 3.40. The van der Waals surface area contributed by atoms with Gasteiger partial charge >= 0.3 is 0 Å².